The van der Waals surface area contributed by atoms with Crippen LogP contribution < -0.4 is 10.3 Å². The van der Waals surface area contributed by atoms with Crippen LogP contribution in [0.25, 0.3) is 23.2 Å². The number of hydrogen-bond acceptors (Lipinski definition) is 4. The molecule has 110 valence electrons. The van der Waals surface area contributed by atoms with Gasteiger partial charge in [-0.05, 0) is 29.3 Å². The highest BCUT2D eigenvalue weighted by Crippen LogP contribution is 2.26. The Morgan fingerprint density at radius 1 is 1.36 bits per heavy atom. The number of ether oxygens (including phenoxy) is 1. The van der Waals surface area contributed by atoms with E-state index >= 15 is 0 Å². The number of hydrogen-bond donors (Lipinski definition) is 1. The third kappa shape index (κ3) is 2.09. The maximum Gasteiger partial charge on any atom is 0.262 e. The van der Waals surface area contributed by atoms with Gasteiger partial charge in [-0.3, -0.25) is 9.48 Å². The summed E-state index contributed by atoms with van der Waals surface area (Å²) >= 11 is 0. The van der Waals surface area contributed by atoms with Crippen LogP contribution in [0.2, 0.25) is 0 Å². The molecule has 6 nitrogen and oxygen atoms in total. The highest BCUT2D eigenvalue weighted by atomic mass is 16.5. The molecule has 1 aliphatic rings. The summed E-state index contributed by atoms with van der Waals surface area (Å²) in [5.41, 5.74) is 2.66. The highest BCUT2D eigenvalue weighted by molar-refractivity contribution is 5.75. The van der Waals surface area contributed by atoms with Gasteiger partial charge < -0.3 is 9.72 Å². The molecule has 0 spiro atoms. The van der Waals surface area contributed by atoms with E-state index in [0.717, 1.165) is 24.3 Å². The number of aromatic nitrogens is 4. The van der Waals surface area contributed by atoms with Crippen molar-refractivity contribution < 1.29 is 4.74 Å². The largest absolute Gasteiger partial charge is 0.493 e. The van der Waals surface area contributed by atoms with Crippen LogP contribution in [0.1, 0.15) is 17.0 Å². The minimum atomic E-state index is -0.180. The Kier molecular flexibility index (Phi) is 2.82. The van der Waals surface area contributed by atoms with Crippen LogP contribution in [0.3, 0.4) is 0 Å². The minimum Gasteiger partial charge on any atom is -0.493 e. The smallest absolute Gasteiger partial charge is 0.262 e. The van der Waals surface area contributed by atoms with Gasteiger partial charge >= 0.3 is 0 Å². The summed E-state index contributed by atoms with van der Waals surface area (Å²) in [5.74, 6) is 1.47. The quantitative estimate of drug-likeness (QED) is 0.781. The molecule has 1 aromatic carbocycles. The molecule has 4 rings (SSSR count). The molecule has 0 bridgehead atoms. The summed E-state index contributed by atoms with van der Waals surface area (Å²) in [6.07, 6.45) is 6.19. The summed E-state index contributed by atoms with van der Waals surface area (Å²) in [5, 5.41) is 4.55. The van der Waals surface area contributed by atoms with Gasteiger partial charge in [-0.15, -0.1) is 0 Å². The molecule has 3 aromatic rings. The lowest BCUT2D eigenvalue weighted by molar-refractivity contribution is 0.357. The predicted molar refractivity (Wildman–Crippen MR) is 83.7 cm³/mol. The molecule has 0 saturated heterocycles. The Morgan fingerprint density at radius 3 is 3.18 bits per heavy atom. The second kappa shape index (κ2) is 4.84. The molecule has 0 atom stereocenters. The van der Waals surface area contributed by atoms with E-state index in [-0.39, 0.29) is 5.56 Å². The first-order valence-corrected chi connectivity index (χ1v) is 7.06. The molecular weight excluding hydrogens is 280 g/mol. The molecule has 0 unspecified atom stereocenters. The Hall–Kier alpha value is -2.89. The van der Waals surface area contributed by atoms with E-state index in [1.165, 1.54) is 11.8 Å². The van der Waals surface area contributed by atoms with Crippen molar-refractivity contribution in [1.29, 1.82) is 0 Å². The van der Waals surface area contributed by atoms with E-state index in [4.69, 9.17) is 4.74 Å². The van der Waals surface area contributed by atoms with Gasteiger partial charge in [0.15, 0.2) is 5.65 Å². The first kappa shape index (κ1) is 12.8. The summed E-state index contributed by atoms with van der Waals surface area (Å²) in [4.78, 5) is 19.1. The topological polar surface area (TPSA) is 72.8 Å². The average Bonchev–Trinajstić information content (AvgIpc) is 3.12. The van der Waals surface area contributed by atoms with E-state index in [9.17, 15) is 4.79 Å². The van der Waals surface area contributed by atoms with Crippen molar-refractivity contribution in [2.24, 2.45) is 7.05 Å². The summed E-state index contributed by atoms with van der Waals surface area (Å²) < 4.78 is 7.08. The van der Waals surface area contributed by atoms with Gasteiger partial charge in [-0.2, -0.15) is 5.10 Å². The maximum absolute atomic E-state index is 12.0. The Bertz CT molecular complexity index is 952. The number of aryl methyl sites for hydroxylation is 1. The minimum absolute atomic E-state index is 0.180. The molecule has 0 amide bonds. The van der Waals surface area contributed by atoms with Crippen molar-refractivity contribution >= 4 is 23.2 Å². The first-order chi connectivity index (χ1) is 10.7. The third-order valence-corrected chi connectivity index (χ3v) is 3.77. The SMILES string of the molecule is Cn1ncc2c(=O)[nH]c(/C=C/c3ccc4c(c3)CCO4)nc21. The van der Waals surface area contributed by atoms with Gasteiger partial charge in [-0.1, -0.05) is 12.1 Å². The Balaban J connectivity index is 1.71. The Morgan fingerprint density at radius 2 is 2.27 bits per heavy atom. The van der Waals surface area contributed by atoms with E-state index in [1.807, 2.05) is 18.2 Å². The molecule has 3 heterocycles. The lowest BCUT2D eigenvalue weighted by Gasteiger charge is -2.00. The van der Waals surface area contributed by atoms with Gasteiger partial charge in [0, 0.05) is 13.5 Å². The molecule has 0 fully saturated rings. The van der Waals surface area contributed by atoms with Crippen LogP contribution >= 0.6 is 0 Å². The maximum atomic E-state index is 12.0. The second-order valence-electron chi connectivity index (χ2n) is 5.26. The fraction of sp³-hybridized carbons (Fsp3) is 0.188. The van der Waals surface area contributed by atoms with Gasteiger partial charge in [0.05, 0.1) is 12.8 Å². The van der Waals surface area contributed by atoms with Gasteiger partial charge in [0.1, 0.15) is 17.0 Å². The molecular formula is C16H14N4O2. The average molecular weight is 294 g/mol. The van der Waals surface area contributed by atoms with Crippen molar-refractivity contribution in [2.45, 2.75) is 6.42 Å². The van der Waals surface area contributed by atoms with Gasteiger partial charge in [0.25, 0.3) is 5.56 Å². The number of nitrogens with zero attached hydrogens (tertiary/aromatic N) is 3. The lowest BCUT2D eigenvalue weighted by Crippen LogP contribution is -2.09. The van der Waals surface area contributed by atoms with Crippen molar-refractivity contribution in [3.63, 3.8) is 0 Å². The van der Waals surface area contributed by atoms with Crippen LogP contribution in [0.15, 0.2) is 29.2 Å². The second-order valence-corrected chi connectivity index (χ2v) is 5.26. The van der Waals surface area contributed by atoms with E-state index < -0.39 is 0 Å². The zero-order valence-electron chi connectivity index (χ0n) is 12.0. The van der Waals surface area contributed by atoms with Crippen LogP contribution in [0, 0.1) is 0 Å². The van der Waals surface area contributed by atoms with Crippen molar-refractivity contribution in [3.8, 4) is 5.75 Å². The fourth-order valence-electron chi connectivity index (χ4n) is 2.61. The van der Waals surface area contributed by atoms with E-state index in [0.29, 0.717) is 16.9 Å². The number of fused-ring (bicyclic) bond motifs is 2. The molecule has 1 aliphatic heterocycles. The predicted octanol–water partition coefficient (Wildman–Crippen LogP) is 1.76. The number of aromatic amines is 1. The summed E-state index contributed by atoms with van der Waals surface area (Å²) in [7, 11) is 1.77. The monoisotopic (exact) mass is 294 g/mol. The number of benzene rings is 1. The molecule has 0 saturated carbocycles. The normalized spacial score (nSPS) is 13.7. The van der Waals surface area contributed by atoms with Crippen LogP contribution in [-0.2, 0) is 13.5 Å². The van der Waals surface area contributed by atoms with Crippen LogP contribution in [-0.4, -0.2) is 26.4 Å². The lowest BCUT2D eigenvalue weighted by atomic mass is 10.1. The third-order valence-electron chi connectivity index (χ3n) is 3.77. The zero-order valence-corrected chi connectivity index (χ0v) is 12.0. The van der Waals surface area contributed by atoms with Crippen LogP contribution in [0.4, 0.5) is 0 Å². The molecule has 22 heavy (non-hydrogen) atoms. The summed E-state index contributed by atoms with van der Waals surface area (Å²) in [6.45, 7) is 0.745. The Labute approximate surface area is 126 Å². The van der Waals surface area contributed by atoms with Crippen molar-refractivity contribution in [3.05, 3.63) is 51.7 Å². The van der Waals surface area contributed by atoms with Gasteiger partial charge in [-0.25, -0.2) is 4.98 Å². The number of nitrogens with one attached hydrogen (secondary N) is 1. The number of H-pyrrole nitrogens is 1. The van der Waals surface area contributed by atoms with Crippen LogP contribution in [0.5, 0.6) is 5.75 Å². The highest BCUT2D eigenvalue weighted by Gasteiger charge is 2.11. The fourth-order valence-corrected chi connectivity index (χ4v) is 2.61. The van der Waals surface area contributed by atoms with Crippen molar-refractivity contribution in [1.82, 2.24) is 19.7 Å². The van der Waals surface area contributed by atoms with E-state index in [1.54, 1.807) is 17.8 Å². The van der Waals surface area contributed by atoms with Crippen molar-refractivity contribution in [2.75, 3.05) is 6.61 Å². The molecule has 0 aliphatic carbocycles. The molecule has 0 radical (unpaired) electrons. The molecule has 1 N–H and O–H groups in total. The summed E-state index contributed by atoms with van der Waals surface area (Å²) in [6, 6.07) is 6.06. The van der Waals surface area contributed by atoms with E-state index in [2.05, 4.69) is 21.1 Å². The first-order valence-electron chi connectivity index (χ1n) is 7.06. The van der Waals surface area contributed by atoms with Gasteiger partial charge in [0.2, 0.25) is 0 Å². The molecule has 6 heteroatoms. The number of rotatable bonds is 2. The molecule has 2 aromatic heterocycles. The standard InChI is InChI=1S/C16H14N4O2/c1-20-15-12(9-17-20)16(21)19-14(18-15)5-3-10-2-4-13-11(8-10)6-7-22-13/h2-5,8-9H,6-7H2,1H3,(H,18,19,21)/b5-3+. The zero-order chi connectivity index (χ0) is 15.1.